The van der Waals surface area contributed by atoms with E-state index in [1.807, 2.05) is 19.0 Å². The Balaban J connectivity index is 1.94. The summed E-state index contributed by atoms with van der Waals surface area (Å²) in [7, 11) is 3.93. The molecule has 86 valence electrons. The molecule has 1 N–H and O–H groups in total. The lowest BCUT2D eigenvalue weighted by Gasteiger charge is -2.28. The fraction of sp³-hybridized carbons (Fsp3) is 0.917. The molecular weight excluding hydrogens is 188 g/mol. The molecule has 0 saturated heterocycles. The first-order valence-electron chi connectivity index (χ1n) is 6.11. The molecular formula is C12H22N2O. The van der Waals surface area contributed by atoms with E-state index in [2.05, 4.69) is 5.32 Å². The lowest BCUT2D eigenvalue weighted by atomic mass is 10.0. The predicted molar refractivity (Wildman–Crippen MR) is 60.6 cm³/mol. The number of carbonyl (C=O) groups is 1. The van der Waals surface area contributed by atoms with Crippen molar-refractivity contribution in [3.05, 3.63) is 0 Å². The summed E-state index contributed by atoms with van der Waals surface area (Å²) in [6.07, 6.45) is 7.14. The van der Waals surface area contributed by atoms with Crippen LogP contribution in [0.25, 0.3) is 0 Å². The van der Waals surface area contributed by atoms with Gasteiger partial charge < -0.3 is 10.2 Å². The third kappa shape index (κ3) is 2.03. The molecule has 0 bridgehead atoms. The molecule has 3 nitrogen and oxygen atoms in total. The van der Waals surface area contributed by atoms with Crippen molar-refractivity contribution in [2.24, 2.45) is 5.41 Å². The molecule has 2 fully saturated rings. The Morgan fingerprint density at radius 1 is 1.40 bits per heavy atom. The van der Waals surface area contributed by atoms with E-state index in [0.717, 1.165) is 19.4 Å². The van der Waals surface area contributed by atoms with Crippen molar-refractivity contribution in [1.29, 1.82) is 0 Å². The van der Waals surface area contributed by atoms with Crippen molar-refractivity contribution in [3.8, 4) is 0 Å². The van der Waals surface area contributed by atoms with Gasteiger partial charge in [-0.1, -0.05) is 12.8 Å². The Kier molecular flexibility index (Phi) is 3.01. The van der Waals surface area contributed by atoms with E-state index in [4.69, 9.17) is 0 Å². The maximum absolute atomic E-state index is 12.3. The highest BCUT2D eigenvalue weighted by Crippen LogP contribution is 2.47. The monoisotopic (exact) mass is 210 g/mol. The van der Waals surface area contributed by atoms with Crippen LogP contribution >= 0.6 is 0 Å². The second-order valence-corrected chi connectivity index (χ2v) is 5.16. The number of nitrogens with one attached hydrogen (secondary N) is 1. The topological polar surface area (TPSA) is 32.3 Å². The molecule has 0 atom stereocenters. The molecule has 0 heterocycles. The second kappa shape index (κ2) is 4.12. The van der Waals surface area contributed by atoms with Gasteiger partial charge in [0.05, 0.1) is 5.41 Å². The summed E-state index contributed by atoms with van der Waals surface area (Å²) in [5.74, 6) is 0.378. The molecule has 0 unspecified atom stereocenters. The first kappa shape index (κ1) is 10.9. The summed E-state index contributed by atoms with van der Waals surface area (Å²) in [5.41, 5.74) is -0.0356. The third-order valence-electron chi connectivity index (χ3n) is 4.02. The highest BCUT2D eigenvalue weighted by molar-refractivity contribution is 5.85. The molecule has 1 amide bonds. The zero-order valence-corrected chi connectivity index (χ0v) is 9.88. The number of rotatable bonds is 4. The van der Waals surface area contributed by atoms with Gasteiger partial charge in [0.1, 0.15) is 0 Å². The van der Waals surface area contributed by atoms with Gasteiger partial charge in [-0.2, -0.15) is 0 Å². The van der Waals surface area contributed by atoms with E-state index in [-0.39, 0.29) is 5.41 Å². The number of hydrogen-bond acceptors (Lipinski definition) is 2. The number of amides is 1. The predicted octanol–water partition coefficient (Wildman–Crippen LogP) is 1.39. The van der Waals surface area contributed by atoms with Gasteiger partial charge in [-0.25, -0.2) is 0 Å². The average molecular weight is 210 g/mol. The minimum Gasteiger partial charge on any atom is -0.342 e. The van der Waals surface area contributed by atoms with Crippen LogP contribution in [-0.2, 0) is 4.79 Å². The van der Waals surface area contributed by atoms with Crippen molar-refractivity contribution in [2.45, 2.75) is 44.6 Å². The first-order valence-corrected chi connectivity index (χ1v) is 6.11. The molecule has 2 aliphatic rings. The van der Waals surface area contributed by atoms with Crippen LogP contribution in [0.1, 0.15) is 38.5 Å². The summed E-state index contributed by atoms with van der Waals surface area (Å²) in [6.45, 7) is 0.850. The number of nitrogens with zero attached hydrogens (tertiary/aromatic N) is 1. The van der Waals surface area contributed by atoms with Gasteiger partial charge in [-0.3, -0.25) is 4.79 Å². The summed E-state index contributed by atoms with van der Waals surface area (Å²) in [5, 5.41) is 3.15. The van der Waals surface area contributed by atoms with Gasteiger partial charge in [0, 0.05) is 19.6 Å². The lowest BCUT2D eigenvalue weighted by Crippen LogP contribution is -2.43. The van der Waals surface area contributed by atoms with E-state index in [0.29, 0.717) is 11.9 Å². The van der Waals surface area contributed by atoms with Crippen LogP contribution in [0.3, 0.4) is 0 Å². The highest BCUT2D eigenvalue weighted by atomic mass is 16.2. The van der Waals surface area contributed by atoms with Crippen molar-refractivity contribution in [1.82, 2.24) is 10.2 Å². The maximum Gasteiger partial charge on any atom is 0.230 e. The lowest BCUT2D eigenvalue weighted by molar-refractivity contribution is -0.137. The van der Waals surface area contributed by atoms with Gasteiger partial charge in [-0.05, 0) is 32.7 Å². The molecule has 15 heavy (non-hydrogen) atoms. The molecule has 3 heteroatoms. The molecule has 2 saturated carbocycles. The molecule has 2 aliphatic carbocycles. The summed E-state index contributed by atoms with van der Waals surface area (Å²) < 4.78 is 0. The largest absolute Gasteiger partial charge is 0.342 e. The van der Waals surface area contributed by atoms with Crippen molar-refractivity contribution >= 4 is 5.91 Å². The van der Waals surface area contributed by atoms with Crippen molar-refractivity contribution in [2.75, 3.05) is 20.6 Å². The molecule has 0 aromatic rings. The summed E-state index contributed by atoms with van der Waals surface area (Å²) in [4.78, 5) is 14.3. The van der Waals surface area contributed by atoms with Crippen LogP contribution in [0.5, 0.6) is 0 Å². The first-order chi connectivity index (χ1) is 7.19. The van der Waals surface area contributed by atoms with Crippen LogP contribution < -0.4 is 5.32 Å². The van der Waals surface area contributed by atoms with Crippen LogP contribution in [0, 0.1) is 5.41 Å². The van der Waals surface area contributed by atoms with E-state index >= 15 is 0 Å². The van der Waals surface area contributed by atoms with Gasteiger partial charge in [0.25, 0.3) is 0 Å². The zero-order chi connectivity index (χ0) is 10.9. The summed E-state index contributed by atoms with van der Waals surface area (Å²) >= 11 is 0. The van der Waals surface area contributed by atoms with E-state index in [1.165, 1.54) is 25.7 Å². The zero-order valence-electron chi connectivity index (χ0n) is 9.88. The Morgan fingerprint density at radius 3 is 2.47 bits per heavy atom. The van der Waals surface area contributed by atoms with Gasteiger partial charge in [0.2, 0.25) is 5.91 Å². The average Bonchev–Trinajstić information content (AvgIpc) is 2.82. The van der Waals surface area contributed by atoms with E-state index < -0.39 is 0 Å². The minimum absolute atomic E-state index is 0.0356. The molecule has 0 aliphatic heterocycles. The molecule has 0 spiro atoms. The van der Waals surface area contributed by atoms with E-state index in [9.17, 15) is 4.79 Å². The van der Waals surface area contributed by atoms with Crippen molar-refractivity contribution in [3.63, 3.8) is 0 Å². The number of carbonyl (C=O) groups excluding carboxylic acids is 1. The molecule has 0 aromatic heterocycles. The Bertz CT molecular complexity index is 242. The van der Waals surface area contributed by atoms with Gasteiger partial charge in [0.15, 0.2) is 0 Å². The minimum atomic E-state index is -0.0356. The van der Waals surface area contributed by atoms with Crippen LogP contribution in [-0.4, -0.2) is 37.5 Å². The molecule has 0 radical (unpaired) electrons. The maximum atomic E-state index is 12.3. The quantitative estimate of drug-likeness (QED) is 0.760. The Morgan fingerprint density at radius 2 is 2.00 bits per heavy atom. The summed E-state index contributed by atoms with van der Waals surface area (Å²) in [6, 6.07) is 0.520. The Hall–Kier alpha value is -0.570. The highest BCUT2D eigenvalue weighted by Gasteiger charge is 2.51. The van der Waals surface area contributed by atoms with Gasteiger partial charge in [-0.15, -0.1) is 0 Å². The third-order valence-corrected chi connectivity index (χ3v) is 4.02. The van der Waals surface area contributed by atoms with Crippen molar-refractivity contribution < 1.29 is 4.79 Å². The second-order valence-electron chi connectivity index (χ2n) is 5.16. The van der Waals surface area contributed by atoms with E-state index in [1.54, 1.807) is 0 Å². The van der Waals surface area contributed by atoms with Crippen LogP contribution in [0.2, 0.25) is 0 Å². The number of hydrogen-bond donors (Lipinski definition) is 1. The fourth-order valence-corrected chi connectivity index (χ4v) is 2.79. The standard InChI is InChI=1S/C12H22N2O/c1-13-9-12(7-8-12)11(15)14(2)10-5-3-4-6-10/h10,13H,3-9H2,1-2H3. The van der Waals surface area contributed by atoms with Gasteiger partial charge >= 0.3 is 0 Å². The van der Waals surface area contributed by atoms with Crippen LogP contribution in [0.15, 0.2) is 0 Å². The smallest absolute Gasteiger partial charge is 0.230 e. The Labute approximate surface area is 92.2 Å². The normalized spacial score (nSPS) is 24.1. The fourth-order valence-electron chi connectivity index (χ4n) is 2.79. The molecule has 2 rings (SSSR count). The molecule has 0 aromatic carbocycles. The van der Waals surface area contributed by atoms with Crippen LogP contribution in [0.4, 0.5) is 0 Å². The SMILES string of the molecule is CNCC1(C(=O)N(C)C2CCCC2)CC1.